The molecule has 2 aromatic heterocycles. The molecule has 0 fully saturated rings. The Kier molecular flexibility index (Phi) is 2.20. The van der Waals surface area contributed by atoms with Crippen molar-refractivity contribution < 1.29 is 4.79 Å². The third kappa shape index (κ3) is 1.46. The number of benzene rings is 2. The van der Waals surface area contributed by atoms with Crippen molar-refractivity contribution in [2.45, 2.75) is 0 Å². The van der Waals surface area contributed by atoms with Crippen LogP contribution in [0.5, 0.6) is 0 Å². The Labute approximate surface area is 114 Å². The lowest BCUT2D eigenvalue weighted by Crippen LogP contribution is -2.17. The smallest absolute Gasteiger partial charge is 0.250 e. The largest absolute Gasteiger partial charge is 0.339 e. The van der Waals surface area contributed by atoms with Crippen LogP contribution in [-0.2, 0) is 0 Å². The third-order valence-corrected chi connectivity index (χ3v) is 3.32. The second-order valence-corrected chi connectivity index (χ2v) is 4.49. The van der Waals surface area contributed by atoms with Gasteiger partial charge in [0.25, 0.3) is 0 Å². The second-order valence-electron chi connectivity index (χ2n) is 4.49. The molecule has 0 aliphatic heterocycles. The molecule has 0 aliphatic carbocycles. The molecule has 0 atom stereocenters. The molecule has 5 nitrogen and oxygen atoms in total. The second kappa shape index (κ2) is 4.03. The first-order valence-corrected chi connectivity index (χ1v) is 6.23. The molecule has 0 saturated carbocycles. The van der Waals surface area contributed by atoms with Gasteiger partial charge in [-0.15, -0.1) is 0 Å². The standard InChI is InChI=1S/C15H10N4O/c20-15(18-9-16-11-5-1-3-7-13(11)18)19-10-17-12-6-2-4-8-14(12)19/h1-10H. The summed E-state index contributed by atoms with van der Waals surface area (Å²) >= 11 is 0. The molecule has 0 saturated heterocycles. The maximum absolute atomic E-state index is 12.6. The fraction of sp³-hybridized carbons (Fsp3) is 0. The van der Waals surface area contributed by atoms with E-state index in [2.05, 4.69) is 9.97 Å². The molecule has 96 valence electrons. The van der Waals surface area contributed by atoms with Crippen LogP contribution in [0.3, 0.4) is 0 Å². The Bertz CT molecular complexity index is 859. The van der Waals surface area contributed by atoms with E-state index in [-0.39, 0.29) is 6.03 Å². The summed E-state index contributed by atoms with van der Waals surface area (Å²) in [6.07, 6.45) is 3.09. The molecule has 2 aromatic carbocycles. The van der Waals surface area contributed by atoms with Crippen molar-refractivity contribution in [1.29, 1.82) is 0 Å². The quantitative estimate of drug-likeness (QED) is 0.489. The van der Waals surface area contributed by atoms with E-state index in [1.807, 2.05) is 48.5 Å². The zero-order valence-corrected chi connectivity index (χ0v) is 10.5. The molecule has 0 spiro atoms. The van der Waals surface area contributed by atoms with Gasteiger partial charge in [0.15, 0.2) is 0 Å². The van der Waals surface area contributed by atoms with E-state index in [4.69, 9.17) is 0 Å². The number of hydrogen-bond acceptors (Lipinski definition) is 3. The lowest BCUT2D eigenvalue weighted by Gasteiger charge is -2.04. The van der Waals surface area contributed by atoms with Gasteiger partial charge >= 0.3 is 6.03 Å². The van der Waals surface area contributed by atoms with Crippen molar-refractivity contribution in [2.24, 2.45) is 0 Å². The maximum Gasteiger partial charge on any atom is 0.339 e. The van der Waals surface area contributed by atoms with E-state index in [1.165, 1.54) is 9.13 Å². The summed E-state index contributed by atoms with van der Waals surface area (Å²) in [5.74, 6) is 0. The summed E-state index contributed by atoms with van der Waals surface area (Å²) in [4.78, 5) is 21.1. The molecule has 0 unspecified atom stereocenters. The van der Waals surface area contributed by atoms with Crippen molar-refractivity contribution in [3.05, 3.63) is 61.2 Å². The molecular formula is C15H10N4O. The summed E-state index contributed by atoms with van der Waals surface area (Å²) in [6, 6.07) is 14.9. The minimum Gasteiger partial charge on any atom is -0.250 e. The van der Waals surface area contributed by atoms with Gasteiger partial charge in [-0.3, -0.25) is 0 Å². The Morgan fingerprint density at radius 2 is 1.20 bits per heavy atom. The van der Waals surface area contributed by atoms with Crippen LogP contribution in [0.15, 0.2) is 61.2 Å². The minimum absolute atomic E-state index is 0.188. The number of fused-ring (bicyclic) bond motifs is 2. The molecule has 5 heteroatoms. The summed E-state index contributed by atoms with van der Waals surface area (Å²) in [5.41, 5.74) is 3.17. The molecule has 0 radical (unpaired) electrons. The average molecular weight is 262 g/mol. The van der Waals surface area contributed by atoms with Crippen molar-refractivity contribution >= 4 is 28.1 Å². The first kappa shape index (κ1) is 10.9. The Hall–Kier alpha value is -2.95. The molecule has 2 heterocycles. The number of carbonyl (C=O) groups is 1. The molecule has 0 amide bonds. The van der Waals surface area contributed by atoms with Crippen LogP contribution in [0.1, 0.15) is 0 Å². The van der Waals surface area contributed by atoms with Crippen LogP contribution in [0.4, 0.5) is 4.79 Å². The van der Waals surface area contributed by atoms with Gasteiger partial charge < -0.3 is 0 Å². The predicted molar refractivity (Wildman–Crippen MR) is 75.7 cm³/mol. The van der Waals surface area contributed by atoms with Crippen LogP contribution in [0.2, 0.25) is 0 Å². The lowest BCUT2D eigenvalue weighted by atomic mass is 10.3. The minimum atomic E-state index is -0.188. The highest BCUT2D eigenvalue weighted by atomic mass is 16.2. The summed E-state index contributed by atoms with van der Waals surface area (Å²) in [5, 5.41) is 0. The van der Waals surface area contributed by atoms with E-state index < -0.39 is 0 Å². The Morgan fingerprint density at radius 3 is 1.70 bits per heavy atom. The monoisotopic (exact) mass is 262 g/mol. The average Bonchev–Trinajstić information content (AvgIpc) is 3.11. The number of carbonyl (C=O) groups excluding carboxylic acids is 1. The van der Waals surface area contributed by atoms with Gasteiger partial charge in [0.1, 0.15) is 12.7 Å². The third-order valence-electron chi connectivity index (χ3n) is 3.32. The van der Waals surface area contributed by atoms with Gasteiger partial charge in [0, 0.05) is 0 Å². The number of nitrogens with zero attached hydrogens (tertiary/aromatic N) is 4. The van der Waals surface area contributed by atoms with Gasteiger partial charge in [-0.25, -0.2) is 23.9 Å². The van der Waals surface area contributed by atoms with Crippen LogP contribution in [0.25, 0.3) is 22.1 Å². The van der Waals surface area contributed by atoms with Crippen LogP contribution < -0.4 is 0 Å². The van der Waals surface area contributed by atoms with Gasteiger partial charge in [-0.2, -0.15) is 0 Å². The zero-order valence-electron chi connectivity index (χ0n) is 10.5. The highest BCUT2D eigenvalue weighted by Crippen LogP contribution is 2.16. The number of hydrogen-bond donors (Lipinski definition) is 0. The molecule has 0 N–H and O–H groups in total. The van der Waals surface area contributed by atoms with E-state index in [9.17, 15) is 4.79 Å². The van der Waals surface area contributed by atoms with Crippen molar-refractivity contribution in [3.63, 3.8) is 0 Å². The van der Waals surface area contributed by atoms with Crippen molar-refractivity contribution in [2.75, 3.05) is 0 Å². The first-order chi connectivity index (χ1) is 9.84. The van der Waals surface area contributed by atoms with E-state index in [0.29, 0.717) is 0 Å². The van der Waals surface area contributed by atoms with E-state index >= 15 is 0 Å². The van der Waals surface area contributed by atoms with Gasteiger partial charge in [0.05, 0.1) is 22.1 Å². The molecule has 4 rings (SSSR count). The number of rotatable bonds is 0. The topological polar surface area (TPSA) is 52.7 Å². The number of aromatic nitrogens is 4. The van der Waals surface area contributed by atoms with Gasteiger partial charge in [0.2, 0.25) is 0 Å². The lowest BCUT2D eigenvalue weighted by molar-refractivity contribution is 0.245. The van der Waals surface area contributed by atoms with E-state index in [0.717, 1.165) is 22.1 Å². The van der Waals surface area contributed by atoms with Crippen molar-refractivity contribution in [1.82, 2.24) is 19.1 Å². The summed E-state index contributed by atoms with van der Waals surface area (Å²) in [7, 11) is 0. The van der Waals surface area contributed by atoms with E-state index in [1.54, 1.807) is 12.7 Å². The first-order valence-electron chi connectivity index (χ1n) is 6.23. The highest BCUT2D eigenvalue weighted by molar-refractivity contribution is 5.95. The zero-order chi connectivity index (χ0) is 13.5. The Morgan fingerprint density at radius 1 is 0.750 bits per heavy atom. The molecule has 0 bridgehead atoms. The van der Waals surface area contributed by atoms with Crippen LogP contribution in [-0.4, -0.2) is 25.1 Å². The summed E-state index contributed by atoms with van der Waals surface area (Å²) < 4.78 is 3.06. The van der Waals surface area contributed by atoms with Gasteiger partial charge in [-0.05, 0) is 24.3 Å². The highest BCUT2D eigenvalue weighted by Gasteiger charge is 2.14. The van der Waals surface area contributed by atoms with Crippen LogP contribution in [0, 0.1) is 0 Å². The fourth-order valence-electron chi connectivity index (χ4n) is 2.34. The SMILES string of the molecule is O=C(n1cnc2ccccc21)n1cnc2ccccc21. The fourth-order valence-corrected chi connectivity index (χ4v) is 2.34. The molecular weight excluding hydrogens is 252 g/mol. The van der Waals surface area contributed by atoms with Crippen LogP contribution >= 0.6 is 0 Å². The molecule has 4 aromatic rings. The predicted octanol–water partition coefficient (Wildman–Crippen LogP) is 2.90. The Balaban J connectivity index is 1.92. The molecule has 20 heavy (non-hydrogen) atoms. The number of para-hydroxylation sites is 4. The molecule has 0 aliphatic rings. The number of imidazole rings is 2. The normalized spacial score (nSPS) is 11.2. The van der Waals surface area contributed by atoms with Crippen molar-refractivity contribution in [3.8, 4) is 0 Å². The summed E-state index contributed by atoms with van der Waals surface area (Å²) in [6.45, 7) is 0. The maximum atomic E-state index is 12.6. The van der Waals surface area contributed by atoms with Gasteiger partial charge in [-0.1, -0.05) is 24.3 Å².